The molecule has 0 unspecified atom stereocenters. The molecule has 0 saturated heterocycles. The number of hydrogen-bond donors (Lipinski definition) is 1. The molecule has 0 aliphatic carbocycles. The summed E-state index contributed by atoms with van der Waals surface area (Å²) in [4.78, 5) is 4.03. The van der Waals surface area contributed by atoms with Gasteiger partial charge in [0.1, 0.15) is 0 Å². The molecule has 5 heteroatoms. The van der Waals surface area contributed by atoms with Crippen LogP contribution in [0.3, 0.4) is 0 Å². The fourth-order valence-corrected chi connectivity index (χ4v) is 2.04. The van der Waals surface area contributed by atoms with Crippen molar-refractivity contribution in [1.82, 2.24) is 4.98 Å². The van der Waals surface area contributed by atoms with Crippen molar-refractivity contribution in [3.05, 3.63) is 58.1 Å². The summed E-state index contributed by atoms with van der Waals surface area (Å²) in [6.07, 6.45) is 4.36. The van der Waals surface area contributed by atoms with E-state index in [0.717, 1.165) is 12.0 Å². The van der Waals surface area contributed by atoms with Crippen molar-refractivity contribution in [3.8, 4) is 0 Å². The Bertz CT molecular complexity index is 509. The van der Waals surface area contributed by atoms with Gasteiger partial charge in [0.25, 0.3) is 0 Å². The zero-order valence-corrected chi connectivity index (χ0v) is 11.0. The minimum atomic E-state index is -0.587. The number of aromatic nitrogens is 1. The highest BCUT2D eigenvalue weighted by Gasteiger charge is 2.07. The minimum absolute atomic E-state index is 0.0198. The van der Waals surface area contributed by atoms with Crippen molar-refractivity contribution < 1.29 is 4.39 Å². The Kier molecular flexibility index (Phi) is 4.39. The number of rotatable bonds is 4. The maximum atomic E-state index is 13.2. The third-order valence-electron chi connectivity index (χ3n) is 2.45. The molecule has 18 heavy (non-hydrogen) atoms. The summed E-state index contributed by atoms with van der Waals surface area (Å²) in [5.41, 5.74) is 1.83. The van der Waals surface area contributed by atoms with Crippen LogP contribution in [0.4, 0.5) is 10.1 Å². The number of anilines is 1. The molecule has 0 radical (unpaired) electrons. The number of nitrogens with zero attached hydrogens (tertiary/aromatic N) is 1. The smallest absolute Gasteiger partial charge is 0.160 e. The maximum Gasteiger partial charge on any atom is 0.160 e. The summed E-state index contributed by atoms with van der Waals surface area (Å²) in [6, 6.07) is 6.93. The maximum absolute atomic E-state index is 13.2. The summed E-state index contributed by atoms with van der Waals surface area (Å²) in [7, 11) is 0. The van der Waals surface area contributed by atoms with E-state index < -0.39 is 5.82 Å². The predicted molar refractivity (Wildman–Crippen MR) is 72.9 cm³/mol. The Balaban J connectivity index is 1.95. The molecule has 0 spiro atoms. The highest BCUT2D eigenvalue weighted by molar-refractivity contribution is 6.35. The van der Waals surface area contributed by atoms with Crippen molar-refractivity contribution in [2.75, 3.05) is 11.9 Å². The molecule has 0 bridgehead atoms. The van der Waals surface area contributed by atoms with Gasteiger partial charge in [0.2, 0.25) is 0 Å². The highest BCUT2D eigenvalue weighted by atomic mass is 35.5. The van der Waals surface area contributed by atoms with Crippen molar-refractivity contribution >= 4 is 28.9 Å². The molecule has 0 atom stereocenters. The van der Waals surface area contributed by atoms with E-state index in [1.165, 1.54) is 12.1 Å². The first-order valence-corrected chi connectivity index (χ1v) is 6.20. The third-order valence-corrected chi connectivity index (χ3v) is 3.00. The Hall–Kier alpha value is -1.32. The van der Waals surface area contributed by atoms with Crippen LogP contribution < -0.4 is 5.32 Å². The van der Waals surface area contributed by atoms with Gasteiger partial charge in [-0.05, 0) is 30.2 Å². The van der Waals surface area contributed by atoms with Gasteiger partial charge >= 0.3 is 0 Å². The van der Waals surface area contributed by atoms with Crippen LogP contribution in [0.5, 0.6) is 0 Å². The number of halogens is 3. The van der Waals surface area contributed by atoms with Crippen molar-refractivity contribution in [2.45, 2.75) is 6.42 Å². The molecule has 0 amide bonds. The number of benzene rings is 1. The first kappa shape index (κ1) is 13.1. The lowest BCUT2D eigenvalue weighted by molar-refractivity contribution is 0.629. The highest BCUT2D eigenvalue weighted by Crippen LogP contribution is 2.27. The van der Waals surface area contributed by atoms with Gasteiger partial charge in [-0.3, -0.25) is 4.98 Å². The van der Waals surface area contributed by atoms with Gasteiger partial charge < -0.3 is 5.32 Å². The molecule has 0 saturated carbocycles. The lowest BCUT2D eigenvalue weighted by Crippen LogP contribution is -2.05. The first-order chi connectivity index (χ1) is 8.66. The molecule has 1 aromatic carbocycles. The summed E-state index contributed by atoms with van der Waals surface area (Å²) in [5, 5.41) is 3.18. The van der Waals surface area contributed by atoms with E-state index in [1.54, 1.807) is 6.20 Å². The fraction of sp³-hybridized carbons (Fsp3) is 0.154. The lowest BCUT2D eigenvalue weighted by atomic mass is 10.2. The van der Waals surface area contributed by atoms with Gasteiger partial charge in [-0.25, -0.2) is 4.39 Å². The van der Waals surface area contributed by atoms with E-state index in [9.17, 15) is 4.39 Å². The van der Waals surface area contributed by atoms with Gasteiger partial charge in [-0.15, -0.1) is 0 Å². The van der Waals surface area contributed by atoms with E-state index in [0.29, 0.717) is 12.2 Å². The third kappa shape index (κ3) is 3.34. The molecule has 2 aromatic rings. The summed E-state index contributed by atoms with van der Waals surface area (Å²) >= 11 is 11.4. The minimum Gasteiger partial charge on any atom is -0.385 e. The number of pyridine rings is 1. The van der Waals surface area contributed by atoms with Gasteiger partial charge in [0.05, 0.1) is 10.0 Å². The van der Waals surface area contributed by atoms with Crippen LogP contribution in [0.2, 0.25) is 10.0 Å². The predicted octanol–water partition coefficient (Wildman–Crippen LogP) is 4.18. The molecule has 2 nitrogen and oxygen atoms in total. The molecule has 1 N–H and O–H groups in total. The molecule has 1 heterocycles. The fourth-order valence-electron chi connectivity index (χ4n) is 1.55. The van der Waals surface area contributed by atoms with Gasteiger partial charge in [-0.1, -0.05) is 29.3 Å². The van der Waals surface area contributed by atoms with E-state index in [1.807, 2.05) is 18.3 Å². The summed E-state index contributed by atoms with van der Waals surface area (Å²) in [6.45, 7) is 0.698. The number of nitrogens with one attached hydrogen (secondary N) is 1. The van der Waals surface area contributed by atoms with Gasteiger partial charge in [-0.2, -0.15) is 0 Å². The van der Waals surface area contributed by atoms with Gasteiger partial charge in [0.15, 0.2) is 5.82 Å². The van der Waals surface area contributed by atoms with Crippen LogP contribution in [0.1, 0.15) is 5.56 Å². The van der Waals surface area contributed by atoms with Crippen molar-refractivity contribution in [3.63, 3.8) is 0 Å². The monoisotopic (exact) mass is 284 g/mol. The molecular weight excluding hydrogens is 274 g/mol. The number of hydrogen-bond acceptors (Lipinski definition) is 2. The summed E-state index contributed by atoms with van der Waals surface area (Å²) in [5.74, 6) is -0.587. The Labute approximate surface area is 115 Å². The molecule has 2 rings (SSSR count). The SMILES string of the molecule is Fc1c(Cl)cc(NCCc2cccnc2)cc1Cl. The van der Waals surface area contributed by atoms with Crippen LogP contribution in [0.25, 0.3) is 0 Å². The second-order valence-corrected chi connectivity index (χ2v) is 4.61. The Morgan fingerprint density at radius 1 is 1.22 bits per heavy atom. The topological polar surface area (TPSA) is 24.9 Å². The summed E-state index contributed by atoms with van der Waals surface area (Å²) < 4.78 is 13.2. The quantitative estimate of drug-likeness (QED) is 0.852. The normalized spacial score (nSPS) is 10.4. The van der Waals surface area contributed by atoms with Crippen LogP contribution in [0.15, 0.2) is 36.7 Å². The first-order valence-electron chi connectivity index (χ1n) is 5.44. The zero-order valence-electron chi connectivity index (χ0n) is 9.46. The molecule has 1 aromatic heterocycles. The second kappa shape index (κ2) is 6.03. The molecular formula is C13H11Cl2FN2. The second-order valence-electron chi connectivity index (χ2n) is 3.79. The largest absolute Gasteiger partial charge is 0.385 e. The van der Waals surface area contributed by atoms with E-state index in [2.05, 4.69) is 10.3 Å². The van der Waals surface area contributed by atoms with Crippen molar-refractivity contribution in [2.24, 2.45) is 0 Å². The van der Waals surface area contributed by atoms with Crippen LogP contribution in [-0.4, -0.2) is 11.5 Å². The lowest BCUT2D eigenvalue weighted by Gasteiger charge is -2.08. The van der Waals surface area contributed by atoms with E-state index >= 15 is 0 Å². The molecule has 94 valence electrons. The average Bonchev–Trinajstić information content (AvgIpc) is 2.37. The van der Waals surface area contributed by atoms with Gasteiger partial charge in [0, 0.05) is 24.6 Å². The van der Waals surface area contributed by atoms with E-state index in [4.69, 9.17) is 23.2 Å². The van der Waals surface area contributed by atoms with E-state index in [-0.39, 0.29) is 10.0 Å². The van der Waals surface area contributed by atoms with Crippen molar-refractivity contribution in [1.29, 1.82) is 0 Å². The standard InChI is InChI=1S/C13H11Cl2FN2/c14-11-6-10(7-12(15)13(11)16)18-5-3-9-2-1-4-17-8-9/h1-2,4,6-8,18H,3,5H2. The van der Waals surface area contributed by atoms with Crippen LogP contribution >= 0.6 is 23.2 Å². The Morgan fingerprint density at radius 2 is 1.94 bits per heavy atom. The molecule has 0 aliphatic heterocycles. The average molecular weight is 285 g/mol. The zero-order chi connectivity index (χ0) is 13.0. The van der Waals surface area contributed by atoms with Crippen LogP contribution in [-0.2, 0) is 6.42 Å². The van der Waals surface area contributed by atoms with Crippen LogP contribution in [0, 0.1) is 5.82 Å². The molecule has 0 fully saturated rings. The molecule has 0 aliphatic rings. The Morgan fingerprint density at radius 3 is 2.56 bits per heavy atom.